The summed E-state index contributed by atoms with van der Waals surface area (Å²) < 4.78 is 5.22. The molecule has 1 amide bonds. The van der Waals surface area contributed by atoms with Gasteiger partial charge in [-0.15, -0.1) is 0 Å². The van der Waals surface area contributed by atoms with Gasteiger partial charge in [-0.2, -0.15) is 0 Å². The summed E-state index contributed by atoms with van der Waals surface area (Å²) in [7, 11) is 0. The molecule has 0 aromatic carbocycles. The third kappa shape index (κ3) is 4.16. The first kappa shape index (κ1) is 13.7. The molecular formula is C14H26N2O2. The number of ether oxygens (including phenoxy) is 1. The Morgan fingerprint density at radius 3 is 2.67 bits per heavy atom. The van der Waals surface area contributed by atoms with E-state index in [1.54, 1.807) is 0 Å². The molecule has 0 spiro atoms. The standard InChI is InChI=1S/C14H26N2O2/c1-14(2,3)18-13(17)16-9-7-11-6-8-15-12(11)10-4-5-10/h10-12,15H,4-9H2,1-3H3,(H,16,17). The Labute approximate surface area is 110 Å². The third-order valence-electron chi connectivity index (χ3n) is 3.72. The smallest absolute Gasteiger partial charge is 0.407 e. The van der Waals surface area contributed by atoms with E-state index in [0.717, 1.165) is 31.3 Å². The number of hydrogen-bond donors (Lipinski definition) is 2. The number of hydrogen-bond acceptors (Lipinski definition) is 3. The molecule has 0 aromatic heterocycles. The molecule has 2 unspecified atom stereocenters. The number of nitrogens with one attached hydrogen (secondary N) is 2. The molecule has 1 aliphatic heterocycles. The van der Waals surface area contributed by atoms with E-state index in [9.17, 15) is 4.79 Å². The van der Waals surface area contributed by atoms with Crippen LogP contribution in [0.4, 0.5) is 4.79 Å². The summed E-state index contributed by atoms with van der Waals surface area (Å²) in [5, 5.41) is 6.46. The maximum Gasteiger partial charge on any atom is 0.407 e. The topological polar surface area (TPSA) is 50.4 Å². The maximum absolute atomic E-state index is 11.5. The Balaban J connectivity index is 1.64. The number of rotatable bonds is 4. The van der Waals surface area contributed by atoms with Crippen molar-refractivity contribution in [2.24, 2.45) is 11.8 Å². The van der Waals surface area contributed by atoms with Crippen LogP contribution in [0.2, 0.25) is 0 Å². The molecule has 104 valence electrons. The molecule has 0 radical (unpaired) electrons. The molecular weight excluding hydrogens is 228 g/mol. The van der Waals surface area contributed by atoms with Crippen LogP contribution < -0.4 is 10.6 Å². The lowest BCUT2D eigenvalue weighted by Gasteiger charge is -2.21. The van der Waals surface area contributed by atoms with Gasteiger partial charge >= 0.3 is 6.09 Å². The zero-order chi connectivity index (χ0) is 13.2. The van der Waals surface area contributed by atoms with Crippen molar-refractivity contribution in [3.05, 3.63) is 0 Å². The van der Waals surface area contributed by atoms with E-state index in [1.165, 1.54) is 19.3 Å². The fourth-order valence-corrected chi connectivity index (χ4v) is 2.79. The largest absolute Gasteiger partial charge is 0.444 e. The highest BCUT2D eigenvalue weighted by Crippen LogP contribution is 2.39. The van der Waals surface area contributed by atoms with Gasteiger partial charge in [-0.1, -0.05) is 0 Å². The highest BCUT2D eigenvalue weighted by molar-refractivity contribution is 5.67. The van der Waals surface area contributed by atoms with Crippen LogP contribution in [-0.4, -0.2) is 30.8 Å². The SMILES string of the molecule is CC(C)(C)OC(=O)NCCC1CCNC1C1CC1. The van der Waals surface area contributed by atoms with Crippen LogP contribution in [0.15, 0.2) is 0 Å². The van der Waals surface area contributed by atoms with Gasteiger partial charge in [0.25, 0.3) is 0 Å². The van der Waals surface area contributed by atoms with Crippen molar-refractivity contribution in [1.29, 1.82) is 0 Å². The number of carbonyl (C=O) groups excluding carboxylic acids is 1. The van der Waals surface area contributed by atoms with Gasteiger partial charge in [0.1, 0.15) is 5.60 Å². The average Bonchev–Trinajstić information content (AvgIpc) is 2.97. The first-order valence-electron chi connectivity index (χ1n) is 7.16. The first-order chi connectivity index (χ1) is 8.46. The molecule has 0 aromatic rings. The highest BCUT2D eigenvalue weighted by atomic mass is 16.6. The van der Waals surface area contributed by atoms with Crippen molar-refractivity contribution in [2.45, 2.75) is 58.1 Å². The van der Waals surface area contributed by atoms with Crippen LogP contribution in [0.25, 0.3) is 0 Å². The zero-order valence-corrected chi connectivity index (χ0v) is 11.8. The average molecular weight is 254 g/mol. The van der Waals surface area contributed by atoms with Crippen molar-refractivity contribution >= 4 is 6.09 Å². The summed E-state index contributed by atoms with van der Waals surface area (Å²) in [6.45, 7) is 7.52. The molecule has 2 rings (SSSR count). The van der Waals surface area contributed by atoms with E-state index in [-0.39, 0.29) is 6.09 Å². The van der Waals surface area contributed by atoms with E-state index in [0.29, 0.717) is 6.04 Å². The van der Waals surface area contributed by atoms with Crippen LogP contribution in [0, 0.1) is 11.8 Å². The van der Waals surface area contributed by atoms with Gasteiger partial charge in [0.05, 0.1) is 0 Å². The predicted molar refractivity (Wildman–Crippen MR) is 71.5 cm³/mol. The zero-order valence-electron chi connectivity index (χ0n) is 11.8. The Morgan fingerprint density at radius 2 is 2.06 bits per heavy atom. The molecule has 1 saturated carbocycles. The summed E-state index contributed by atoms with van der Waals surface area (Å²) in [6.07, 6.45) is 4.78. The minimum absolute atomic E-state index is 0.295. The van der Waals surface area contributed by atoms with Crippen LogP contribution in [0.3, 0.4) is 0 Å². The first-order valence-corrected chi connectivity index (χ1v) is 7.16. The van der Waals surface area contributed by atoms with Crippen molar-refractivity contribution in [3.63, 3.8) is 0 Å². The second-order valence-corrected chi connectivity index (χ2v) is 6.58. The van der Waals surface area contributed by atoms with Crippen LogP contribution >= 0.6 is 0 Å². The minimum Gasteiger partial charge on any atom is -0.444 e. The van der Waals surface area contributed by atoms with Crippen LogP contribution in [0.1, 0.15) is 46.5 Å². The second-order valence-electron chi connectivity index (χ2n) is 6.58. The Bertz CT molecular complexity index is 295. The maximum atomic E-state index is 11.5. The molecule has 1 saturated heterocycles. The van der Waals surface area contributed by atoms with Crippen molar-refractivity contribution in [2.75, 3.05) is 13.1 Å². The van der Waals surface area contributed by atoms with Gasteiger partial charge in [0.15, 0.2) is 0 Å². The summed E-state index contributed by atoms with van der Waals surface area (Å²) in [5.41, 5.74) is -0.407. The van der Waals surface area contributed by atoms with E-state index < -0.39 is 5.60 Å². The quantitative estimate of drug-likeness (QED) is 0.809. The normalized spacial score (nSPS) is 28.2. The lowest BCUT2D eigenvalue weighted by atomic mass is 9.93. The van der Waals surface area contributed by atoms with E-state index in [4.69, 9.17) is 4.74 Å². The summed E-state index contributed by atoms with van der Waals surface area (Å²) >= 11 is 0. The third-order valence-corrected chi connectivity index (χ3v) is 3.72. The Morgan fingerprint density at radius 1 is 1.33 bits per heavy atom. The fourth-order valence-electron chi connectivity index (χ4n) is 2.79. The summed E-state index contributed by atoms with van der Waals surface area (Å²) in [5.74, 6) is 1.63. The molecule has 1 aliphatic carbocycles. The lowest BCUT2D eigenvalue weighted by Crippen LogP contribution is -2.35. The number of alkyl carbamates (subject to hydrolysis) is 1. The van der Waals surface area contributed by atoms with E-state index >= 15 is 0 Å². The molecule has 4 nitrogen and oxygen atoms in total. The van der Waals surface area contributed by atoms with Gasteiger partial charge in [-0.05, 0) is 64.8 Å². The molecule has 0 bridgehead atoms. The van der Waals surface area contributed by atoms with Gasteiger partial charge < -0.3 is 15.4 Å². The van der Waals surface area contributed by atoms with Gasteiger partial charge in [-0.3, -0.25) is 0 Å². The van der Waals surface area contributed by atoms with Crippen LogP contribution in [-0.2, 0) is 4.74 Å². The Kier molecular flexibility index (Phi) is 4.15. The highest BCUT2D eigenvalue weighted by Gasteiger charge is 2.38. The van der Waals surface area contributed by atoms with E-state index in [2.05, 4.69) is 10.6 Å². The molecule has 2 aliphatic rings. The van der Waals surface area contributed by atoms with Gasteiger partial charge in [0.2, 0.25) is 0 Å². The van der Waals surface area contributed by atoms with Crippen molar-refractivity contribution in [1.82, 2.24) is 10.6 Å². The molecule has 2 fully saturated rings. The molecule has 4 heteroatoms. The molecule has 1 heterocycles. The second kappa shape index (κ2) is 5.47. The predicted octanol–water partition coefficient (Wildman–Crippen LogP) is 2.29. The molecule has 18 heavy (non-hydrogen) atoms. The summed E-state index contributed by atoms with van der Waals surface area (Å²) in [4.78, 5) is 11.5. The van der Waals surface area contributed by atoms with Gasteiger partial charge in [-0.25, -0.2) is 4.79 Å². The van der Waals surface area contributed by atoms with Crippen molar-refractivity contribution in [3.8, 4) is 0 Å². The van der Waals surface area contributed by atoms with Crippen molar-refractivity contribution < 1.29 is 9.53 Å². The van der Waals surface area contributed by atoms with Crippen LogP contribution in [0.5, 0.6) is 0 Å². The lowest BCUT2D eigenvalue weighted by molar-refractivity contribution is 0.0524. The number of amides is 1. The summed E-state index contributed by atoms with van der Waals surface area (Å²) in [6, 6.07) is 0.699. The Hall–Kier alpha value is -0.770. The van der Waals surface area contributed by atoms with E-state index in [1.807, 2.05) is 20.8 Å². The monoisotopic (exact) mass is 254 g/mol. The minimum atomic E-state index is -0.407. The van der Waals surface area contributed by atoms with Gasteiger partial charge in [0, 0.05) is 12.6 Å². The number of carbonyl (C=O) groups is 1. The fraction of sp³-hybridized carbons (Fsp3) is 0.929. The molecule has 2 atom stereocenters. The molecule has 2 N–H and O–H groups in total.